The number of nitrogens with one attached hydrogen (secondary N) is 1. The lowest BCUT2D eigenvalue weighted by Crippen LogP contribution is -2.22. The first-order valence-corrected chi connectivity index (χ1v) is 9.48. The Labute approximate surface area is 145 Å². The van der Waals surface area contributed by atoms with E-state index >= 15 is 0 Å². The maximum Gasteiger partial charge on any atom is 0.242 e. The Kier molecular flexibility index (Phi) is 5.80. The lowest BCUT2D eigenvalue weighted by atomic mass is 10.0. The van der Waals surface area contributed by atoms with Crippen molar-refractivity contribution >= 4 is 10.0 Å². The molecule has 0 saturated carbocycles. The van der Waals surface area contributed by atoms with Gasteiger partial charge in [0, 0.05) is 26.7 Å². The summed E-state index contributed by atoms with van der Waals surface area (Å²) in [6, 6.07) is 13.5. The van der Waals surface area contributed by atoms with E-state index in [0.717, 1.165) is 12.1 Å². The highest BCUT2D eigenvalue weighted by atomic mass is 32.2. The van der Waals surface area contributed by atoms with E-state index in [1.54, 1.807) is 12.1 Å². The van der Waals surface area contributed by atoms with Crippen LogP contribution < -0.4 is 5.32 Å². The normalized spacial score (nSPS) is 13.2. The van der Waals surface area contributed by atoms with Crippen molar-refractivity contribution in [2.24, 2.45) is 0 Å². The van der Waals surface area contributed by atoms with Gasteiger partial charge in [0.1, 0.15) is 0 Å². The van der Waals surface area contributed by atoms with Crippen molar-refractivity contribution in [3.05, 3.63) is 64.7 Å². The van der Waals surface area contributed by atoms with E-state index < -0.39 is 10.0 Å². The second-order valence-corrected chi connectivity index (χ2v) is 8.47. The third-order valence-corrected chi connectivity index (χ3v) is 6.30. The van der Waals surface area contributed by atoms with Crippen molar-refractivity contribution in [2.75, 3.05) is 14.1 Å². The number of hydrogen-bond acceptors (Lipinski definition) is 3. The molecular weight excluding hydrogens is 320 g/mol. The zero-order valence-electron chi connectivity index (χ0n) is 15.0. The minimum atomic E-state index is -3.37. The summed E-state index contributed by atoms with van der Waals surface area (Å²) >= 11 is 0. The number of aryl methyl sites for hydroxylation is 1. The molecule has 2 aromatic carbocycles. The highest BCUT2D eigenvalue weighted by molar-refractivity contribution is 7.89. The molecule has 0 fully saturated rings. The lowest BCUT2D eigenvalue weighted by Gasteiger charge is -2.17. The Hall–Kier alpha value is -1.69. The minimum absolute atomic E-state index is 0.140. The van der Waals surface area contributed by atoms with Crippen molar-refractivity contribution in [3.8, 4) is 0 Å². The molecule has 130 valence electrons. The van der Waals surface area contributed by atoms with Gasteiger partial charge in [0.05, 0.1) is 4.90 Å². The van der Waals surface area contributed by atoms with Crippen molar-refractivity contribution in [3.63, 3.8) is 0 Å². The highest BCUT2D eigenvalue weighted by Gasteiger charge is 2.17. The summed E-state index contributed by atoms with van der Waals surface area (Å²) < 4.78 is 25.4. The van der Waals surface area contributed by atoms with Gasteiger partial charge in [0.25, 0.3) is 0 Å². The van der Waals surface area contributed by atoms with E-state index in [-0.39, 0.29) is 6.04 Å². The molecule has 2 aromatic rings. The molecule has 0 heterocycles. The summed E-state index contributed by atoms with van der Waals surface area (Å²) in [7, 11) is -0.294. The minimum Gasteiger partial charge on any atom is -0.306 e. The molecule has 1 unspecified atom stereocenters. The largest absolute Gasteiger partial charge is 0.306 e. The highest BCUT2D eigenvalue weighted by Crippen LogP contribution is 2.19. The lowest BCUT2D eigenvalue weighted by molar-refractivity contribution is 0.520. The van der Waals surface area contributed by atoms with Crippen molar-refractivity contribution in [1.82, 2.24) is 9.62 Å². The smallest absolute Gasteiger partial charge is 0.242 e. The van der Waals surface area contributed by atoms with Crippen LogP contribution in [0.2, 0.25) is 0 Å². The Balaban J connectivity index is 2.08. The molecule has 0 aliphatic carbocycles. The van der Waals surface area contributed by atoms with Gasteiger partial charge in [-0.1, -0.05) is 30.3 Å². The first-order valence-electron chi connectivity index (χ1n) is 8.04. The zero-order valence-corrected chi connectivity index (χ0v) is 15.8. The molecule has 0 saturated heterocycles. The Morgan fingerprint density at radius 3 is 2.25 bits per heavy atom. The third-order valence-electron chi connectivity index (χ3n) is 4.47. The van der Waals surface area contributed by atoms with Crippen LogP contribution in [0, 0.1) is 13.8 Å². The fraction of sp³-hybridized carbons (Fsp3) is 0.368. The van der Waals surface area contributed by atoms with Crippen molar-refractivity contribution < 1.29 is 8.42 Å². The predicted octanol–water partition coefficient (Wildman–Crippen LogP) is 3.40. The van der Waals surface area contributed by atoms with Crippen LogP contribution in [0.5, 0.6) is 0 Å². The topological polar surface area (TPSA) is 49.4 Å². The molecule has 0 spiro atoms. The summed E-state index contributed by atoms with van der Waals surface area (Å²) in [5.41, 5.74) is 4.96. The van der Waals surface area contributed by atoms with E-state index in [4.69, 9.17) is 0 Å². The molecule has 0 aromatic heterocycles. The molecule has 1 atom stereocenters. The second-order valence-electron chi connectivity index (χ2n) is 6.32. The van der Waals surface area contributed by atoms with Gasteiger partial charge in [-0.05, 0) is 55.2 Å². The first-order chi connectivity index (χ1) is 11.2. The van der Waals surface area contributed by atoms with E-state index in [9.17, 15) is 8.42 Å². The van der Waals surface area contributed by atoms with Gasteiger partial charge in [0.15, 0.2) is 0 Å². The van der Waals surface area contributed by atoms with Gasteiger partial charge in [-0.15, -0.1) is 0 Å². The fourth-order valence-electron chi connectivity index (χ4n) is 2.52. The van der Waals surface area contributed by atoms with Crippen LogP contribution >= 0.6 is 0 Å². The summed E-state index contributed by atoms with van der Waals surface area (Å²) in [6.45, 7) is 7.12. The molecular formula is C19H26N2O2S. The van der Waals surface area contributed by atoms with Crippen LogP contribution in [-0.4, -0.2) is 26.8 Å². The number of hydrogen-bond donors (Lipinski definition) is 1. The summed E-state index contributed by atoms with van der Waals surface area (Å²) in [5, 5.41) is 3.50. The average molecular weight is 346 g/mol. The third kappa shape index (κ3) is 4.04. The van der Waals surface area contributed by atoms with Gasteiger partial charge in [0.2, 0.25) is 10.0 Å². The van der Waals surface area contributed by atoms with Gasteiger partial charge in [-0.3, -0.25) is 0 Å². The van der Waals surface area contributed by atoms with Crippen LogP contribution in [0.15, 0.2) is 47.4 Å². The Bertz CT molecular complexity index is 797. The molecule has 0 aliphatic rings. The average Bonchev–Trinajstić information content (AvgIpc) is 2.56. The molecule has 5 heteroatoms. The maximum absolute atomic E-state index is 12.1. The van der Waals surface area contributed by atoms with Gasteiger partial charge in [-0.25, -0.2) is 12.7 Å². The number of sulfonamides is 1. The molecule has 4 nitrogen and oxygen atoms in total. The van der Waals surface area contributed by atoms with Gasteiger partial charge >= 0.3 is 0 Å². The number of rotatable bonds is 6. The van der Waals surface area contributed by atoms with Crippen molar-refractivity contribution in [2.45, 2.75) is 38.3 Å². The van der Waals surface area contributed by atoms with E-state index in [1.165, 1.54) is 35.1 Å². The molecule has 1 N–H and O–H groups in total. The predicted molar refractivity (Wildman–Crippen MR) is 98.5 cm³/mol. The Morgan fingerprint density at radius 2 is 1.67 bits per heavy atom. The van der Waals surface area contributed by atoms with Crippen LogP contribution in [0.1, 0.15) is 35.2 Å². The molecule has 0 bridgehead atoms. The maximum atomic E-state index is 12.1. The molecule has 0 amide bonds. The van der Waals surface area contributed by atoms with Gasteiger partial charge in [-0.2, -0.15) is 0 Å². The summed E-state index contributed by atoms with van der Waals surface area (Å²) in [5.74, 6) is 0. The monoisotopic (exact) mass is 346 g/mol. The standard InChI is InChI=1S/C19H26N2O2S/c1-14-7-6-8-18(15(14)2)13-20-16(3)17-9-11-19(12-10-17)24(22,23)21(4)5/h6-12,16,20H,13H2,1-5H3. The first kappa shape index (κ1) is 18.6. The zero-order chi connectivity index (χ0) is 17.9. The summed E-state index contributed by atoms with van der Waals surface area (Å²) in [4.78, 5) is 0.318. The fourth-order valence-corrected chi connectivity index (χ4v) is 3.43. The van der Waals surface area contributed by atoms with E-state index in [0.29, 0.717) is 4.90 Å². The van der Waals surface area contributed by atoms with Crippen LogP contribution in [0.25, 0.3) is 0 Å². The van der Waals surface area contributed by atoms with Crippen molar-refractivity contribution in [1.29, 1.82) is 0 Å². The van der Waals surface area contributed by atoms with Crippen LogP contribution in [-0.2, 0) is 16.6 Å². The van der Waals surface area contributed by atoms with E-state index in [2.05, 4.69) is 44.3 Å². The number of benzene rings is 2. The molecule has 2 rings (SSSR count). The van der Waals surface area contributed by atoms with Gasteiger partial charge < -0.3 is 5.32 Å². The molecule has 24 heavy (non-hydrogen) atoms. The SMILES string of the molecule is Cc1cccc(CNC(C)c2ccc(S(=O)(=O)N(C)C)cc2)c1C. The Morgan fingerprint density at radius 1 is 1.04 bits per heavy atom. The second kappa shape index (κ2) is 7.47. The summed E-state index contributed by atoms with van der Waals surface area (Å²) in [6.07, 6.45) is 0. The quantitative estimate of drug-likeness (QED) is 0.872. The van der Waals surface area contributed by atoms with E-state index in [1.807, 2.05) is 12.1 Å². The molecule has 0 aliphatic heterocycles. The van der Waals surface area contributed by atoms with Crippen LogP contribution in [0.3, 0.4) is 0 Å². The molecule has 0 radical (unpaired) electrons. The van der Waals surface area contributed by atoms with Crippen LogP contribution in [0.4, 0.5) is 0 Å². The number of nitrogens with zero attached hydrogens (tertiary/aromatic N) is 1.